The molecule has 19 heavy (non-hydrogen) atoms. The standard InChI is InChI=1S/C13H11F3N2O/c14-13(15,16)9-3-1-2-4-11(9)19-12-6-5-8(17)7-10(12)18/h1-7H,17-18H2. The minimum absolute atomic E-state index is 0.130. The second-order valence-corrected chi connectivity index (χ2v) is 3.89. The first-order chi connectivity index (χ1) is 8.88. The normalized spacial score (nSPS) is 11.3. The van der Waals surface area contributed by atoms with E-state index in [1.54, 1.807) is 0 Å². The number of para-hydroxylation sites is 1. The highest BCUT2D eigenvalue weighted by molar-refractivity contribution is 5.61. The largest absolute Gasteiger partial charge is 0.455 e. The average molecular weight is 268 g/mol. The third-order valence-electron chi connectivity index (χ3n) is 2.45. The van der Waals surface area contributed by atoms with Gasteiger partial charge in [0.05, 0.1) is 11.3 Å². The van der Waals surface area contributed by atoms with Gasteiger partial charge in [0.15, 0.2) is 0 Å². The van der Waals surface area contributed by atoms with E-state index in [0.717, 1.165) is 6.07 Å². The maximum Gasteiger partial charge on any atom is 0.419 e. The van der Waals surface area contributed by atoms with Crippen molar-refractivity contribution in [3.8, 4) is 11.5 Å². The number of halogens is 3. The lowest BCUT2D eigenvalue weighted by atomic mass is 10.2. The third kappa shape index (κ3) is 2.90. The first-order valence-electron chi connectivity index (χ1n) is 5.37. The first-order valence-corrected chi connectivity index (χ1v) is 5.37. The number of alkyl halides is 3. The van der Waals surface area contributed by atoms with Gasteiger partial charge in [-0.25, -0.2) is 0 Å². The van der Waals surface area contributed by atoms with Crippen LogP contribution in [0.1, 0.15) is 5.56 Å². The van der Waals surface area contributed by atoms with Crippen molar-refractivity contribution < 1.29 is 17.9 Å². The molecule has 6 heteroatoms. The van der Waals surface area contributed by atoms with E-state index in [-0.39, 0.29) is 17.2 Å². The Morgan fingerprint density at radius 1 is 0.895 bits per heavy atom. The molecule has 100 valence electrons. The molecule has 0 amide bonds. The van der Waals surface area contributed by atoms with E-state index < -0.39 is 11.7 Å². The Morgan fingerprint density at radius 2 is 1.58 bits per heavy atom. The molecule has 0 saturated carbocycles. The Bertz CT molecular complexity index is 597. The summed E-state index contributed by atoms with van der Waals surface area (Å²) in [7, 11) is 0. The highest BCUT2D eigenvalue weighted by Gasteiger charge is 2.34. The van der Waals surface area contributed by atoms with E-state index in [4.69, 9.17) is 16.2 Å². The van der Waals surface area contributed by atoms with Gasteiger partial charge in [-0.2, -0.15) is 13.2 Å². The number of hydrogen-bond acceptors (Lipinski definition) is 3. The molecule has 0 atom stereocenters. The molecular formula is C13H11F3N2O. The van der Waals surface area contributed by atoms with E-state index in [1.807, 2.05) is 0 Å². The second kappa shape index (κ2) is 4.72. The van der Waals surface area contributed by atoms with Gasteiger partial charge < -0.3 is 16.2 Å². The summed E-state index contributed by atoms with van der Waals surface area (Å²) in [4.78, 5) is 0. The zero-order valence-electron chi connectivity index (χ0n) is 9.74. The SMILES string of the molecule is Nc1ccc(Oc2ccccc2C(F)(F)F)c(N)c1. The third-order valence-corrected chi connectivity index (χ3v) is 2.45. The summed E-state index contributed by atoms with van der Waals surface area (Å²) in [5, 5.41) is 0. The molecule has 3 nitrogen and oxygen atoms in total. The second-order valence-electron chi connectivity index (χ2n) is 3.89. The monoisotopic (exact) mass is 268 g/mol. The Hall–Kier alpha value is -2.37. The summed E-state index contributed by atoms with van der Waals surface area (Å²) < 4.78 is 43.6. The quantitative estimate of drug-likeness (QED) is 0.817. The van der Waals surface area contributed by atoms with Gasteiger partial charge in [-0.3, -0.25) is 0 Å². The van der Waals surface area contributed by atoms with Crippen molar-refractivity contribution in [2.24, 2.45) is 0 Å². The van der Waals surface area contributed by atoms with Gasteiger partial charge in [0.1, 0.15) is 11.5 Å². The summed E-state index contributed by atoms with van der Waals surface area (Å²) in [6.45, 7) is 0. The Labute approximate surface area is 107 Å². The van der Waals surface area contributed by atoms with E-state index in [1.165, 1.54) is 36.4 Å². The zero-order chi connectivity index (χ0) is 14.0. The molecule has 0 aliphatic heterocycles. The molecule has 0 saturated heterocycles. The van der Waals surface area contributed by atoms with Crippen LogP contribution in [0.4, 0.5) is 24.5 Å². The first kappa shape index (κ1) is 13.1. The number of rotatable bonds is 2. The summed E-state index contributed by atoms with van der Waals surface area (Å²) in [6.07, 6.45) is -4.49. The van der Waals surface area contributed by atoms with Crippen LogP contribution in [0.3, 0.4) is 0 Å². The van der Waals surface area contributed by atoms with Crippen LogP contribution < -0.4 is 16.2 Å². The van der Waals surface area contributed by atoms with Crippen LogP contribution in [-0.4, -0.2) is 0 Å². The highest BCUT2D eigenvalue weighted by atomic mass is 19.4. The fourth-order valence-electron chi connectivity index (χ4n) is 1.57. The molecule has 0 aromatic heterocycles. The Kier molecular flexibility index (Phi) is 3.25. The number of hydrogen-bond donors (Lipinski definition) is 2. The van der Waals surface area contributed by atoms with E-state index >= 15 is 0 Å². The van der Waals surface area contributed by atoms with Gasteiger partial charge in [-0.1, -0.05) is 12.1 Å². The zero-order valence-corrected chi connectivity index (χ0v) is 9.74. The number of benzene rings is 2. The van der Waals surface area contributed by atoms with E-state index in [2.05, 4.69) is 0 Å². The van der Waals surface area contributed by atoms with Crippen molar-refractivity contribution in [2.75, 3.05) is 11.5 Å². The molecule has 0 unspecified atom stereocenters. The van der Waals surface area contributed by atoms with Crippen molar-refractivity contribution in [3.05, 3.63) is 48.0 Å². The smallest absolute Gasteiger partial charge is 0.419 e. The number of ether oxygens (including phenoxy) is 1. The fraction of sp³-hybridized carbons (Fsp3) is 0.0769. The van der Waals surface area contributed by atoms with Gasteiger partial charge in [-0.05, 0) is 30.3 Å². The molecule has 4 N–H and O–H groups in total. The lowest BCUT2D eigenvalue weighted by Crippen LogP contribution is -2.07. The van der Waals surface area contributed by atoms with Crippen LogP contribution in [0.5, 0.6) is 11.5 Å². The Morgan fingerprint density at radius 3 is 2.21 bits per heavy atom. The maximum absolute atomic E-state index is 12.8. The molecule has 0 heterocycles. The summed E-state index contributed by atoms with van der Waals surface area (Å²) in [6, 6.07) is 9.28. The van der Waals surface area contributed by atoms with Crippen molar-refractivity contribution in [3.63, 3.8) is 0 Å². The molecule has 0 bridgehead atoms. The van der Waals surface area contributed by atoms with Gasteiger partial charge in [0.25, 0.3) is 0 Å². The summed E-state index contributed by atoms with van der Waals surface area (Å²) in [5.74, 6) is -0.169. The predicted molar refractivity (Wildman–Crippen MR) is 66.8 cm³/mol. The van der Waals surface area contributed by atoms with Crippen LogP contribution in [-0.2, 0) is 6.18 Å². The number of nitrogen functional groups attached to an aromatic ring is 2. The van der Waals surface area contributed by atoms with E-state index in [0.29, 0.717) is 5.69 Å². The van der Waals surface area contributed by atoms with Crippen LogP contribution >= 0.6 is 0 Å². The number of anilines is 2. The molecule has 2 rings (SSSR count). The van der Waals surface area contributed by atoms with Crippen LogP contribution in [0.15, 0.2) is 42.5 Å². The summed E-state index contributed by atoms with van der Waals surface area (Å²) >= 11 is 0. The van der Waals surface area contributed by atoms with Crippen molar-refractivity contribution in [1.82, 2.24) is 0 Å². The molecule has 0 aliphatic carbocycles. The van der Waals surface area contributed by atoms with Gasteiger partial charge in [0.2, 0.25) is 0 Å². The van der Waals surface area contributed by atoms with Crippen LogP contribution in [0.25, 0.3) is 0 Å². The molecular weight excluding hydrogens is 257 g/mol. The Balaban J connectivity index is 2.39. The average Bonchev–Trinajstić information content (AvgIpc) is 2.32. The predicted octanol–water partition coefficient (Wildman–Crippen LogP) is 3.66. The molecule has 2 aromatic rings. The molecule has 2 aromatic carbocycles. The summed E-state index contributed by atoms with van der Waals surface area (Å²) in [5.41, 5.74) is 10.9. The lowest BCUT2D eigenvalue weighted by Gasteiger charge is -2.14. The van der Waals surface area contributed by atoms with Crippen molar-refractivity contribution in [2.45, 2.75) is 6.18 Å². The number of nitrogens with two attached hydrogens (primary N) is 2. The van der Waals surface area contributed by atoms with Gasteiger partial charge in [-0.15, -0.1) is 0 Å². The lowest BCUT2D eigenvalue weighted by molar-refractivity contribution is -0.138. The van der Waals surface area contributed by atoms with Crippen molar-refractivity contribution >= 4 is 11.4 Å². The molecule has 0 fully saturated rings. The van der Waals surface area contributed by atoms with E-state index in [9.17, 15) is 13.2 Å². The highest BCUT2D eigenvalue weighted by Crippen LogP contribution is 2.39. The fourth-order valence-corrected chi connectivity index (χ4v) is 1.57. The van der Waals surface area contributed by atoms with Crippen LogP contribution in [0, 0.1) is 0 Å². The topological polar surface area (TPSA) is 61.3 Å². The maximum atomic E-state index is 12.8. The minimum atomic E-state index is -4.49. The van der Waals surface area contributed by atoms with Gasteiger partial charge >= 0.3 is 6.18 Å². The van der Waals surface area contributed by atoms with Crippen molar-refractivity contribution in [1.29, 1.82) is 0 Å². The molecule has 0 spiro atoms. The van der Waals surface area contributed by atoms with Gasteiger partial charge in [0, 0.05) is 5.69 Å². The van der Waals surface area contributed by atoms with Crippen LogP contribution in [0.2, 0.25) is 0 Å². The molecule has 0 aliphatic rings. The molecule has 0 radical (unpaired) electrons. The minimum Gasteiger partial charge on any atom is -0.455 e.